The first-order valence-corrected chi connectivity index (χ1v) is 11.7. The minimum atomic E-state index is -3.54. The summed E-state index contributed by atoms with van der Waals surface area (Å²) in [7, 11) is -3.54. The third-order valence-corrected chi connectivity index (χ3v) is 7.11. The van der Waals surface area contributed by atoms with Gasteiger partial charge in [-0.2, -0.15) is 0 Å². The van der Waals surface area contributed by atoms with E-state index in [2.05, 4.69) is 4.72 Å². The van der Waals surface area contributed by atoms with Crippen LogP contribution in [-0.2, 0) is 10.0 Å². The summed E-state index contributed by atoms with van der Waals surface area (Å²) in [5.41, 5.74) is 3.34. The number of amides is 1. The quantitative estimate of drug-likeness (QED) is 0.716. The molecule has 0 saturated carbocycles. The second kappa shape index (κ2) is 9.10. The minimum absolute atomic E-state index is 0.0805. The van der Waals surface area contributed by atoms with Gasteiger partial charge in [0.1, 0.15) is 0 Å². The highest BCUT2D eigenvalue weighted by molar-refractivity contribution is 7.89. The summed E-state index contributed by atoms with van der Waals surface area (Å²) in [5.74, 6) is -0.0690. The molecule has 0 spiro atoms. The molecule has 2 aromatic carbocycles. The van der Waals surface area contributed by atoms with Gasteiger partial charge in [-0.15, -0.1) is 0 Å². The summed E-state index contributed by atoms with van der Waals surface area (Å²) >= 11 is 0. The lowest BCUT2D eigenvalue weighted by molar-refractivity contribution is 0.0650. The number of aryl methyl sites for hydroxylation is 2. The van der Waals surface area contributed by atoms with Crippen molar-refractivity contribution in [1.29, 1.82) is 0 Å². The number of carbonyl (C=O) groups is 2. The van der Waals surface area contributed by atoms with Crippen LogP contribution in [0.5, 0.6) is 0 Å². The maximum absolute atomic E-state index is 12.9. The molecule has 1 heterocycles. The zero-order valence-corrected chi connectivity index (χ0v) is 18.5. The highest BCUT2D eigenvalue weighted by Gasteiger charge is 2.29. The van der Waals surface area contributed by atoms with Gasteiger partial charge in [-0.05, 0) is 56.5 Å². The van der Waals surface area contributed by atoms with E-state index in [9.17, 15) is 18.0 Å². The summed E-state index contributed by atoms with van der Waals surface area (Å²) in [6.45, 7) is 7.00. The van der Waals surface area contributed by atoms with Crippen LogP contribution in [0.4, 0.5) is 0 Å². The predicted molar refractivity (Wildman–Crippen MR) is 116 cm³/mol. The van der Waals surface area contributed by atoms with Gasteiger partial charge in [0, 0.05) is 36.7 Å². The summed E-state index contributed by atoms with van der Waals surface area (Å²) in [6, 6.07) is 11.8. The number of nitrogens with zero attached hydrogens (tertiary/aromatic N) is 1. The van der Waals surface area contributed by atoms with E-state index in [-0.39, 0.29) is 22.5 Å². The standard InChI is InChI=1S/C23H28N2O4S/c1-4-24-30(28,29)20-8-6-19(7-9-20)23(27)25-13-11-18(12-14-25)22(26)21-10-5-16(2)15-17(21)3/h5-10,15,18,24H,4,11-14H2,1-3H3. The lowest BCUT2D eigenvalue weighted by Crippen LogP contribution is -2.40. The Hall–Kier alpha value is -2.51. The van der Waals surface area contributed by atoms with Crippen LogP contribution in [0.25, 0.3) is 0 Å². The average Bonchev–Trinajstić information content (AvgIpc) is 2.73. The number of ketones is 1. The van der Waals surface area contributed by atoms with Crippen molar-refractivity contribution < 1.29 is 18.0 Å². The van der Waals surface area contributed by atoms with E-state index < -0.39 is 10.0 Å². The van der Waals surface area contributed by atoms with Crippen molar-refractivity contribution in [3.63, 3.8) is 0 Å². The van der Waals surface area contributed by atoms with Gasteiger partial charge in [0.2, 0.25) is 10.0 Å². The Kier molecular flexibility index (Phi) is 6.73. The first kappa shape index (κ1) is 22.2. The minimum Gasteiger partial charge on any atom is -0.339 e. The highest BCUT2D eigenvalue weighted by atomic mass is 32.2. The van der Waals surface area contributed by atoms with Gasteiger partial charge in [0.05, 0.1) is 4.90 Å². The van der Waals surface area contributed by atoms with Crippen LogP contribution in [-0.4, -0.2) is 44.6 Å². The molecule has 1 N–H and O–H groups in total. The molecule has 1 aliphatic heterocycles. The third kappa shape index (κ3) is 4.79. The van der Waals surface area contributed by atoms with Gasteiger partial charge in [-0.1, -0.05) is 30.7 Å². The molecule has 2 aromatic rings. The second-order valence-corrected chi connectivity index (χ2v) is 9.54. The Morgan fingerprint density at radius 1 is 1.03 bits per heavy atom. The number of Topliss-reactive ketones (excluding diaryl/α,β-unsaturated/α-hetero) is 1. The van der Waals surface area contributed by atoms with Crippen LogP contribution in [0.2, 0.25) is 0 Å². The lowest BCUT2D eigenvalue weighted by Gasteiger charge is -2.31. The van der Waals surface area contributed by atoms with Crippen molar-refractivity contribution >= 4 is 21.7 Å². The second-order valence-electron chi connectivity index (χ2n) is 7.77. The first-order chi connectivity index (χ1) is 14.2. The normalized spacial score (nSPS) is 15.2. The molecule has 1 amide bonds. The topological polar surface area (TPSA) is 83.6 Å². The van der Waals surface area contributed by atoms with Crippen molar-refractivity contribution in [2.45, 2.75) is 38.5 Å². The number of benzene rings is 2. The van der Waals surface area contributed by atoms with E-state index in [1.165, 1.54) is 12.1 Å². The molecule has 0 atom stereocenters. The molecule has 0 unspecified atom stereocenters. The summed E-state index contributed by atoms with van der Waals surface area (Å²) < 4.78 is 26.5. The number of likely N-dealkylation sites (tertiary alicyclic amines) is 1. The van der Waals surface area contributed by atoms with Crippen LogP contribution in [0.3, 0.4) is 0 Å². The summed E-state index contributed by atoms with van der Waals surface area (Å²) in [4.78, 5) is 27.6. The van der Waals surface area contributed by atoms with Gasteiger partial charge in [0.25, 0.3) is 5.91 Å². The van der Waals surface area contributed by atoms with Crippen molar-refractivity contribution in [3.05, 3.63) is 64.7 Å². The summed E-state index contributed by atoms with van der Waals surface area (Å²) in [6.07, 6.45) is 1.26. The maximum Gasteiger partial charge on any atom is 0.253 e. The van der Waals surface area contributed by atoms with Crippen LogP contribution in [0.1, 0.15) is 51.6 Å². The molecule has 6 nitrogen and oxygen atoms in total. The van der Waals surface area contributed by atoms with E-state index in [1.54, 1.807) is 24.0 Å². The van der Waals surface area contributed by atoms with Crippen molar-refractivity contribution in [1.82, 2.24) is 9.62 Å². The van der Waals surface area contributed by atoms with Gasteiger partial charge in [0.15, 0.2) is 5.78 Å². The van der Waals surface area contributed by atoms with E-state index in [1.807, 2.05) is 32.0 Å². The monoisotopic (exact) mass is 428 g/mol. The highest BCUT2D eigenvalue weighted by Crippen LogP contribution is 2.25. The largest absolute Gasteiger partial charge is 0.339 e. The van der Waals surface area contributed by atoms with Crippen molar-refractivity contribution in [2.24, 2.45) is 5.92 Å². The zero-order chi connectivity index (χ0) is 21.9. The Balaban J connectivity index is 1.63. The van der Waals surface area contributed by atoms with Crippen LogP contribution in [0, 0.1) is 19.8 Å². The molecule has 0 bridgehead atoms. The number of piperidine rings is 1. The molecule has 7 heteroatoms. The Labute approximate surface area is 178 Å². The Morgan fingerprint density at radius 2 is 1.67 bits per heavy atom. The molecular formula is C23H28N2O4S. The van der Waals surface area contributed by atoms with E-state index >= 15 is 0 Å². The molecule has 0 aliphatic carbocycles. The fourth-order valence-electron chi connectivity index (χ4n) is 3.89. The van der Waals surface area contributed by atoms with Crippen molar-refractivity contribution in [2.75, 3.05) is 19.6 Å². The maximum atomic E-state index is 12.9. The number of hydrogen-bond acceptors (Lipinski definition) is 4. The number of carbonyl (C=O) groups excluding carboxylic acids is 2. The molecule has 1 aliphatic rings. The Bertz CT molecular complexity index is 1040. The number of nitrogens with one attached hydrogen (secondary N) is 1. The zero-order valence-electron chi connectivity index (χ0n) is 17.6. The molecular weight excluding hydrogens is 400 g/mol. The fraction of sp³-hybridized carbons (Fsp3) is 0.391. The van der Waals surface area contributed by atoms with Gasteiger partial charge >= 0.3 is 0 Å². The van der Waals surface area contributed by atoms with Crippen LogP contribution >= 0.6 is 0 Å². The molecule has 30 heavy (non-hydrogen) atoms. The van der Waals surface area contributed by atoms with Crippen LogP contribution < -0.4 is 4.72 Å². The predicted octanol–water partition coefficient (Wildman–Crippen LogP) is 3.34. The fourth-order valence-corrected chi connectivity index (χ4v) is 4.93. The molecule has 160 valence electrons. The smallest absolute Gasteiger partial charge is 0.253 e. The lowest BCUT2D eigenvalue weighted by atomic mass is 9.87. The third-order valence-electron chi connectivity index (χ3n) is 5.55. The van der Waals surface area contributed by atoms with Gasteiger partial charge in [-0.25, -0.2) is 13.1 Å². The summed E-state index contributed by atoms with van der Waals surface area (Å²) in [5, 5.41) is 0. The van der Waals surface area contributed by atoms with Crippen LogP contribution in [0.15, 0.2) is 47.4 Å². The van der Waals surface area contributed by atoms with Gasteiger partial charge < -0.3 is 4.90 Å². The van der Waals surface area contributed by atoms with E-state index in [0.717, 1.165) is 16.7 Å². The molecule has 1 saturated heterocycles. The first-order valence-electron chi connectivity index (χ1n) is 10.2. The van der Waals surface area contributed by atoms with E-state index in [0.29, 0.717) is 38.0 Å². The SMILES string of the molecule is CCNS(=O)(=O)c1ccc(C(=O)N2CCC(C(=O)c3ccc(C)cc3C)CC2)cc1. The molecule has 1 fully saturated rings. The number of hydrogen-bond donors (Lipinski definition) is 1. The van der Waals surface area contributed by atoms with Crippen molar-refractivity contribution in [3.8, 4) is 0 Å². The Morgan fingerprint density at radius 3 is 2.23 bits per heavy atom. The average molecular weight is 429 g/mol. The molecule has 0 radical (unpaired) electrons. The van der Waals surface area contributed by atoms with Gasteiger partial charge in [-0.3, -0.25) is 9.59 Å². The molecule has 0 aromatic heterocycles. The number of sulfonamides is 1. The van der Waals surface area contributed by atoms with E-state index in [4.69, 9.17) is 0 Å². The number of rotatable bonds is 6. The molecule has 3 rings (SSSR count).